The maximum Gasteiger partial charge on any atom is 0.264 e. The van der Waals surface area contributed by atoms with Crippen molar-refractivity contribution in [2.45, 2.75) is 50.3 Å². The van der Waals surface area contributed by atoms with Crippen molar-refractivity contribution in [3.63, 3.8) is 0 Å². The molecule has 0 atom stereocenters. The van der Waals surface area contributed by atoms with Crippen LogP contribution in [0.2, 0.25) is 0 Å². The van der Waals surface area contributed by atoms with Gasteiger partial charge in [0.2, 0.25) is 5.91 Å². The maximum atomic E-state index is 13.3. The number of sulfonamides is 1. The smallest absolute Gasteiger partial charge is 0.264 e. The Morgan fingerprint density at radius 3 is 2.35 bits per heavy atom. The molecule has 2 aromatic rings. The van der Waals surface area contributed by atoms with Crippen molar-refractivity contribution in [2.24, 2.45) is 0 Å². The van der Waals surface area contributed by atoms with Crippen LogP contribution in [-0.2, 0) is 14.8 Å². The molecule has 1 saturated heterocycles. The van der Waals surface area contributed by atoms with Crippen molar-refractivity contribution in [1.82, 2.24) is 0 Å². The lowest BCUT2D eigenvalue weighted by molar-refractivity contribution is -0.116. The Morgan fingerprint density at radius 2 is 1.71 bits per heavy atom. The molecule has 1 amide bonds. The van der Waals surface area contributed by atoms with E-state index >= 15 is 0 Å². The Hall–Kier alpha value is -2.74. The van der Waals surface area contributed by atoms with Gasteiger partial charge in [-0.25, -0.2) is 8.42 Å². The summed E-state index contributed by atoms with van der Waals surface area (Å²) in [5.74, 6) is 0.535. The average molecular weight is 446 g/mol. The lowest BCUT2D eigenvalue weighted by Gasteiger charge is -2.30. The van der Waals surface area contributed by atoms with Gasteiger partial charge in [0.25, 0.3) is 10.0 Å². The van der Waals surface area contributed by atoms with Gasteiger partial charge in [0, 0.05) is 30.9 Å². The van der Waals surface area contributed by atoms with Gasteiger partial charge in [0.15, 0.2) is 0 Å². The van der Waals surface area contributed by atoms with Crippen molar-refractivity contribution in [3.05, 3.63) is 42.5 Å². The van der Waals surface area contributed by atoms with Gasteiger partial charge in [-0.3, -0.25) is 9.52 Å². The Bertz CT molecular complexity index is 984. The molecule has 1 aliphatic heterocycles. The van der Waals surface area contributed by atoms with E-state index in [0.717, 1.165) is 45.2 Å². The standard InChI is InChI=1S/C23H31N3O4S/c1-3-4-8-23(27)24-19-11-14-21(26-15-6-5-7-16-26)22(17-19)31(28,29)25-18-9-12-20(30-2)13-10-18/h9-14,17,25H,3-8,15-16H2,1-2H3,(H,24,27). The summed E-state index contributed by atoms with van der Waals surface area (Å²) in [6, 6.07) is 11.9. The Labute approximate surface area is 184 Å². The SMILES string of the molecule is CCCCC(=O)Nc1ccc(N2CCCCC2)c(S(=O)(=O)Nc2ccc(OC)cc2)c1. The zero-order valence-electron chi connectivity index (χ0n) is 18.2. The van der Waals surface area contributed by atoms with E-state index in [1.54, 1.807) is 49.6 Å². The molecule has 0 aromatic heterocycles. The van der Waals surface area contributed by atoms with Crippen LogP contribution in [0.1, 0.15) is 45.4 Å². The molecule has 31 heavy (non-hydrogen) atoms. The monoisotopic (exact) mass is 445 g/mol. The zero-order chi connectivity index (χ0) is 22.3. The highest BCUT2D eigenvalue weighted by Crippen LogP contribution is 2.32. The summed E-state index contributed by atoms with van der Waals surface area (Å²) in [7, 11) is -2.31. The average Bonchev–Trinajstić information content (AvgIpc) is 2.78. The molecule has 0 aliphatic carbocycles. The van der Waals surface area contributed by atoms with Crippen molar-refractivity contribution in [1.29, 1.82) is 0 Å². The maximum absolute atomic E-state index is 13.3. The number of rotatable bonds is 9. The van der Waals surface area contributed by atoms with Gasteiger partial charge < -0.3 is 15.0 Å². The van der Waals surface area contributed by atoms with Crippen LogP contribution in [0.4, 0.5) is 17.1 Å². The summed E-state index contributed by atoms with van der Waals surface area (Å²) in [4.78, 5) is 14.4. The molecule has 0 radical (unpaired) electrons. The van der Waals surface area contributed by atoms with Crippen LogP contribution < -0.4 is 19.7 Å². The first kappa shape index (κ1) is 22.9. The molecule has 8 heteroatoms. The number of unbranched alkanes of at least 4 members (excludes halogenated alkanes) is 1. The largest absolute Gasteiger partial charge is 0.497 e. The van der Waals surface area contributed by atoms with E-state index in [0.29, 0.717) is 29.2 Å². The molecule has 1 heterocycles. The Kier molecular flexibility index (Phi) is 7.79. The van der Waals surface area contributed by atoms with Gasteiger partial charge in [-0.1, -0.05) is 13.3 Å². The second-order valence-corrected chi connectivity index (χ2v) is 9.37. The number of amides is 1. The van der Waals surface area contributed by atoms with E-state index in [1.165, 1.54) is 0 Å². The lowest BCUT2D eigenvalue weighted by Crippen LogP contribution is -2.31. The van der Waals surface area contributed by atoms with Crippen molar-refractivity contribution >= 4 is 33.0 Å². The van der Waals surface area contributed by atoms with Crippen molar-refractivity contribution in [2.75, 3.05) is 35.1 Å². The number of methoxy groups -OCH3 is 1. The van der Waals surface area contributed by atoms with Gasteiger partial charge in [-0.05, 0) is 68.1 Å². The highest BCUT2D eigenvalue weighted by atomic mass is 32.2. The number of ether oxygens (including phenoxy) is 1. The molecule has 0 saturated carbocycles. The molecule has 3 rings (SSSR count). The first-order valence-electron chi connectivity index (χ1n) is 10.8. The Balaban J connectivity index is 1.92. The summed E-state index contributed by atoms with van der Waals surface area (Å²) < 4.78 is 34.5. The minimum atomic E-state index is -3.87. The fraction of sp³-hybridized carbons (Fsp3) is 0.435. The third-order valence-electron chi connectivity index (χ3n) is 5.33. The van der Waals surface area contributed by atoms with Gasteiger partial charge in [-0.15, -0.1) is 0 Å². The number of hydrogen-bond donors (Lipinski definition) is 2. The summed E-state index contributed by atoms with van der Waals surface area (Å²) in [6.45, 7) is 3.65. The summed E-state index contributed by atoms with van der Waals surface area (Å²) in [5, 5.41) is 2.83. The first-order chi connectivity index (χ1) is 14.9. The first-order valence-corrected chi connectivity index (χ1v) is 12.3. The van der Waals surface area contributed by atoms with Gasteiger partial charge in [0.05, 0.1) is 12.8 Å². The molecule has 0 unspecified atom stereocenters. The van der Waals surface area contributed by atoms with Crippen LogP contribution in [0.15, 0.2) is 47.4 Å². The van der Waals surface area contributed by atoms with Gasteiger partial charge >= 0.3 is 0 Å². The van der Waals surface area contributed by atoms with Gasteiger partial charge in [0.1, 0.15) is 10.6 Å². The summed E-state index contributed by atoms with van der Waals surface area (Å²) in [6.07, 6.45) is 5.33. The molecular weight excluding hydrogens is 414 g/mol. The fourth-order valence-electron chi connectivity index (χ4n) is 3.63. The number of nitrogens with one attached hydrogen (secondary N) is 2. The molecule has 0 spiro atoms. The fourth-order valence-corrected chi connectivity index (χ4v) is 4.94. The Morgan fingerprint density at radius 1 is 1.03 bits per heavy atom. The van der Waals surface area contributed by atoms with Crippen molar-refractivity contribution in [3.8, 4) is 5.75 Å². The number of hydrogen-bond acceptors (Lipinski definition) is 5. The number of piperidine rings is 1. The number of carbonyl (C=O) groups is 1. The number of benzene rings is 2. The minimum Gasteiger partial charge on any atom is -0.497 e. The second kappa shape index (κ2) is 10.5. The van der Waals surface area contributed by atoms with Gasteiger partial charge in [-0.2, -0.15) is 0 Å². The van der Waals surface area contributed by atoms with Crippen molar-refractivity contribution < 1.29 is 17.9 Å². The zero-order valence-corrected chi connectivity index (χ0v) is 19.0. The van der Waals surface area contributed by atoms with E-state index in [9.17, 15) is 13.2 Å². The van der Waals surface area contributed by atoms with Crippen LogP contribution in [0, 0.1) is 0 Å². The van der Waals surface area contributed by atoms with E-state index < -0.39 is 10.0 Å². The number of anilines is 3. The lowest BCUT2D eigenvalue weighted by atomic mass is 10.1. The van der Waals surface area contributed by atoms with E-state index in [4.69, 9.17) is 4.74 Å². The highest BCUT2D eigenvalue weighted by Gasteiger charge is 2.24. The normalized spacial score (nSPS) is 14.2. The quantitative estimate of drug-likeness (QED) is 0.588. The molecule has 2 aromatic carbocycles. The van der Waals surface area contributed by atoms with Crippen LogP contribution in [-0.4, -0.2) is 34.5 Å². The van der Waals surface area contributed by atoms with Crippen LogP contribution >= 0.6 is 0 Å². The molecule has 1 fully saturated rings. The predicted octanol–water partition coefficient (Wildman–Crippen LogP) is 4.62. The van der Waals surface area contributed by atoms with Crippen LogP contribution in [0.3, 0.4) is 0 Å². The molecule has 168 valence electrons. The van der Waals surface area contributed by atoms with Crippen LogP contribution in [0.5, 0.6) is 5.75 Å². The third-order valence-corrected chi connectivity index (χ3v) is 6.74. The topological polar surface area (TPSA) is 87.7 Å². The second-order valence-electron chi connectivity index (χ2n) is 7.72. The number of nitrogens with zero attached hydrogens (tertiary/aromatic N) is 1. The minimum absolute atomic E-state index is 0.112. The third kappa shape index (κ3) is 6.13. The highest BCUT2D eigenvalue weighted by molar-refractivity contribution is 7.92. The molecule has 7 nitrogen and oxygen atoms in total. The van der Waals surface area contributed by atoms with E-state index in [1.807, 2.05) is 6.92 Å². The summed E-state index contributed by atoms with van der Waals surface area (Å²) >= 11 is 0. The predicted molar refractivity (Wildman–Crippen MR) is 124 cm³/mol. The van der Waals surface area contributed by atoms with E-state index in [2.05, 4.69) is 14.9 Å². The molecule has 1 aliphatic rings. The molecule has 0 bridgehead atoms. The number of carbonyl (C=O) groups excluding carboxylic acids is 1. The van der Waals surface area contributed by atoms with Crippen LogP contribution in [0.25, 0.3) is 0 Å². The molecule has 2 N–H and O–H groups in total. The van der Waals surface area contributed by atoms with E-state index in [-0.39, 0.29) is 10.8 Å². The summed E-state index contributed by atoms with van der Waals surface area (Å²) in [5.41, 5.74) is 1.59. The molecular formula is C23H31N3O4S.